The molecule has 96 valence electrons. The summed E-state index contributed by atoms with van der Waals surface area (Å²) in [5, 5.41) is 19.0. The van der Waals surface area contributed by atoms with E-state index in [1.807, 2.05) is 0 Å². The van der Waals surface area contributed by atoms with Gasteiger partial charge >= 0.3 is 6.18 Å². The third-order valence-corrected chi connectivity index (χ3v) is 2.40. The minimum absolute atomic E-state index is 0.0701. The van der Waals surface area contributed by atoms with Crippen molar-refractivity contribution in [2.45, 2.75) is 24.8 Å². The van der Waals surface area contributed by atoms with Crippen molar-refractivity contribution in [3.63, 3.8) is 0 Å². The second kappa shape index (κ2) is 5.66. The first-order valence-corrected chi connectivity index (χ1v) is 5.35. The number of aliphatic hydroxyl groups is 2. The van der Waals surface area contributed by atoms with Crippen LogP contribution >= 0.6 is 11.6 Å². The zero-order valence-corrected chi connectivity index (χ0v) is 9.41. The van der Waals surface area contributed by atoms with Gasteiger partial charge in [0.15, 0.2) is 0 Å². The third-order valence-electron chi connectivity index (χ3n) is 2.18. The summed E-state index contributed by atoms with van der Waals surface area (Å²) in [5.74, 6) is 0.0944. The summed E-state index contributed by atoms with van der Waals surface area (Å²) in [7, 11) is 0. The molecular formula is C10H11ClF3NO2. The Kier molecular flexibility index (Phi) is 4.73. The molecule has 0 spiro atoms. The van der Waals surface area contributed by atoms with Gasteiger partial charge in [-0.05, 0) is 18.6 Å². The highest BCUT2D eigenvalue weighted by molar-refractivity contribution is 6.17. The molecule has 0 amide bonds. The molecule has 0 aromatic carbocycles. The van der Waals surface area contributed by atoms with Crippen LogP contribution in [-0.4, -0.2) is 27.2 Å². The van der Waals surface area contributed by atoms with Crippen LogP contribution in [0.15, 0.2) is 18.3 Å². The molecule has 1 aromatic rings. The van der Waals surface area contributed by atoms with E-state index in [-0.39, 0.29) is 18.0 Å². The van der Waals surface area contributed by atoms with Crippen LogP contribution in [0.3, 0.4) is 0 Å². The van der Waals surface area contributed by atoms with Gasteiger partial charge in [-0.1, -0.05) is 0 Å². The van der Waals surface area contributed by atoms with E-state index >= 15 is 0 Å². The van der Waals surface area contributed by atoms with Gasteiger partial charge in [0.1, 0.15) is 6.10 Å². The molecule has 0 aliphatic carbocycles. The quantitative estimate of drug-likeness (QED) is 0.824. The minimum atomic E-state index is -4.51. The van der Waals surface area contributed by atoms with Crippen molar-refractivity contribution in [1.29, 1.82) is 0 Å². The lowest BCUT2D eigenvalue weighted by atomic mass is 10.1. The standard InChI is InChI=1S/C10H11ClF3NO2/c11-3-1-8(16)9(17)7-5-6(2-4-15-7)10(12,13)14/h2,4-5,8-9,16-17H,1,3H2. The zero-order valence-electron chi connectivity index (χ0n) is 8.65. The number of hydrogen-bond acceptors (Lipinski definition) is 3. The van der Waals surface area contributed by atoms with Gasteiger partial charge < -0.3 is 10.2 Å². The van der Waals surface area contributed by atoms with E-state index in [4.69, 9.17) is 11.6 Å². The molecule has 2 atom stereocenters. The van der Waals surface area contributed by atoms with Crippen molar-refractivity contribution >= 4 is 11.6 Å². The van der Waals surface area contributed by atoms with Crippen LogP contribution in [-0.2, 0) is 6.18 Å². The number of pyridine rings is 1. The summed E-state index contributed by atoms with van der Waals surface area (Å²) in [6, 6.07) is 1.51. The maximum absolute atomic E-state index is 12.4. The molecule has 0 aliphatic heterocycles. The molecule has 1 heterocycles. The second-order valence-corrected chi connectivity index (χ2v) is 3.83. The lowest BCUT2D eigenvalue weighted by Crippen LogP contribution is -2.20. The van der Waals surface area contributed by atoms with Gasteiger partial charge in [-0.3, -0.25) is 4.98 Å². The molecule has 1 aromatic heterocycles. The Labute approximate surface area is 101 Å². The van der Waals surface area contributed by atoms with Crippen LogP contribution in [0.1, 0.15) is 23.8 Å². The minimum Gasteiger partial charge on any atom is -0.390 e. The first-order chi connectivity index (χ1) is 7.86. The normalized spacial score (nSPS) is 15.6. The van der Waals surface area contributed by atoms with E-state index in [0.29, 0.717) is 6.07 Å². The number of alkyl halides is 4. The number of aliphatic hydroxyl groups excluding tert-OH is 2. The summed E-state index contributed by atoms with van der Waals surface area (Å²) < 4.78 is 37.2. The van der Waals surface area contributed by atoms with Crippen molar-refractivity contribution in [2.24, 2.45) is 0 Å². The van der Waals surface area contributed by atoms with Crippen molar-refractivity contribution < 1.29 is 23.4 Å². The van der Waals surface area contributed by atoms with Crippen LogP contribution < -0.4 is 0 Å². The summed E-state index contributed by atoms with van der Waals surface area (Å²) >= 11 is 5.36. The topological polar surface area (TPSA) is 53.4 Å². The van der Waals surface area contributed by atoms with E-state index in [2.05, 4.69) is 4.98 Å². The predicted molar refractivity (Wildman–Crippen MR) is 55.5 cm³/mol. The molecular weight excluding hydrogens is 259 g/mol. The van der Waals surface area contributed by atoms with E-state index < -0.39 is 23.9 Å². The summed E-state index contributed by atoms with van der Waals surface area (Å²) in [6.07, 6.45) is -6.20. The largest absolute Gasteiger partial charge is 0.416 e. The van der Waals surface area contributed by atoms with Gasteiger partial charge in [0.2, 0.25) is 0 Å². The smallest absolute Gasteiger partial charge is 0.390 e. The molecule has 17 heavy (non-hydrogen) atoms. The SMILES string of the molecule is OC(CCCl)C(O)c1cc(C(F)(F)F)ccn1. The number of rotatable bonds is 4. The van der Waals surface area contributed by atoms with E-state index in [1.54, 1.807) is 0 Å². The molecule has 0 fully saturated rings. The summed E-state index contributed by atoms with van der Waals surface area (Å²) in [4.78, 5) is 3.60. The zero-order chi connectivity index (χ0) is 13.1. The molecule has 0 saturated heterocycles. The van der Waals surface area contributed by atoms with E-state index in [9.17, 15) is 23.4 Å². The van der Waals surface area contributed by atoms with Gasteiger partial charge in [0.05, 0.1) is 17.4 Å². The van der Waals surface area contributed by atoms with Gasteiger partial charge in [-0.2, -0.15) is 13.2 Å². The molecule has 7 heteroatoms. The molecule has 2 N–H and O–H groups in total. The maximum Gasteiger partial charge on any atom is 0.416 e. The van der Waals surface area contributed by atoms with Gasteiger partial charge in [0.25, 0.3) is 0 Å². The lowest BCUT2D eigenvalue weighted by molar-refractivity contribution is -0.137. The summed E-state index contributed by atoms with van der Waals surface area (Å²) in [6.45, 7) is 0. The monoisotopic (exact) mass is 269 g/mol. The number of hydrogen-bond donors (Lipinski definition) is 2. The fourth-order valence-corrected chi connectivity index (χ4v) is 1.48. The first-order valence-electron chi connectivity index (χ1n) is 4.81. The molecule has 0 saturated carbocycles. The first kappa shape index (κ1) is 14.2. The molecule has 0 radical (unpaired) electrons. The molecule has 2 unspecified atom stereocenters. The Morgan fingerprint density at radius 3 is 2.53 bits per heavy atom. The van der Waals surface area contributed by atoms with Crippen molar-refractivity contribution in [3.05, 3.63) is 29.6 Å². The van der Waals surface area contributed by atoms with Gasteiger partial charge in [0, 0.05) is 12.1 Å². The Bertz CT molecular complexity index is 373. The third kappa shape index (κ3) is 3.83. The highest BCUT2D eigenvalue weighted by atomic mass is 35.5. The molecule has 3 nitrogen and oxygen atoms in total. The van der Waals surface area contributed by atoms with Crippen LogP contribution in [0.2, 0.25) is 0 Å². The van der Waals surface area contributed by atoms with Crippen molar-refractivity contribution in [1.82, 2.24) is 4.98 Å². The Hall–Kier alpha value is -0.850. The van der Waals surface area contributed by atoms with Crippen molar-refractivity contribution in [2.75, 3.05) is 5.88 Å². The molecule has 0 bridgehead atoms. The van der Waals surface area contributed by atoms with Crippen LogP contribution in [0.4, 0.5) is 13.2 Å². The lowest BCUT2D eigenvalue weighted by Gasteiger charge is -2.17. The Morgan fingerprint density at radius 2 is 2.00 bits per heavy atom. The number of aromatic nitrogens is 1. The maximum atomic E-state index is 12.4. The average Bonchev–Trinajstić information content (AvgIpc) is 2.27. The predicted octanol–water partition coefficient (Wildman–Crippen LogP) is 2.12. The Morgan fingerprint density at radius 1 is 1.35 bits per heavy atom. The van der Waals surface area contributed by atoms with E-state index in [0.717, 1.165) is 12.3 Å². The van der Waals surface area contributed by atoms with Gasteiger partial charge in [-0.15, -0.1) is 11.6 Å². The van der Waals surface area contributed by atoms with Gasteiger partial charge in [-0.25, -0.2) is 0 Å². The van der Waals surface area contributed by atoms with Crippen molar-refractivity contribution in [3.8, 4) is 0 Å². The Balaban J connectivity index is 2.92. The van der Waals surface area contributed by atoms with E-state index in [1.165, 1.54) is 0 Å². The molecule has 0 aliphatic rings. The van der Waals surface area contributed by atoms with Crippen LogP contribution in [0.25, 0.3) is 0 Å². The second-order valence-electron chi connectivity index (χ2n) is 3.46. The fourth-order valence-electron chi connectivity index (χ4n) is 1.25. The summed E-state index contributed by atoms with van der Waals surface area (Å²) in [5.41, 5.74) is -1.14. The molecule has 1 rings (SSSR count). The highest BCUT2D eigenvalue weighted by Gasteiger charge is 2.31. The van der Waals surface area contributed by atoms with Crippen LogP contribution in [0.5, 0.6) is 0 Å². The average molecular weight is 270 g/mol. The number of nitrogens with zero attached hydrogens (tertiary/aromatic N) is 1. The number of halogens is 4. The fraction of sp³-hybridized carbons (Fsp3) is 0.500. The highest BCUT2D eigenvalue weighted by Crippen LogP contribution is 2.30. The van der Waals surface area contributed by atoms with Crippen LogP contribution in [0, 0.1) is 0 Å².